The third kappa shape index (κ3) is 5.21. The van der Waals surface area contributed by atoms with Crippen molar-refractivity contribution in [3.8, 4) is 28.1 Å². The second-order valence-electron chi connectivity index (χ2n) is 9.60. The van der Waals surface area contributed by atoms with Crippen LogP contribution in [0.2, 0.25) is 15.2 Å². The normalized spacial score (nSPS) is 11.8. The SMILES string of the molecule is COc1nc2ccccc2c2c1-c1ccc(Cl)cc1C2=O.C[O-].O=C1c2cc(Cl)ccc2-c2c(Cl)nc3ccccc3c21.[Na+]. The number of rotatable bonds is 1. The van der Waals surface area contributed by atoms with Crippen molar-refractivity contribution in [3.63, 3.8) is 0 Å². The number of para-hydroxylation sites is 2. The van der Waals surface area contributed by atoms with Crippen molar-refractivity contribution in [2.45, 2.75) is 0 Å². The van der Waals surface area contributed by atoms with Gasteiger partial charge in [-0.1, -0.05) is 83.3 Å². The fraction of sp³-hybridized carbons (Fsp3) is 0.0588. The number of nitrogens with zero attached hydrogens (tertiary/aromatic N) is 2. The van der Waals surface area contributed by atoms with Crippen LogP contribution >= 0.6 is 34.8 Å². The summed E-state index contributed by atoms with van der Waals surface area (Å²) in [4.78, 5) is 34.3. The molecule has 4 aromatic carbocycles. The van der Waals surface area contributed by atoms with Gasteiger partial charge in [0.2, 0.25) is 5.88 Å². The molecule has 2 heterocycles. The third-order valence-corrected chi connectivity index (χ3v) is 8.09. The molecule has 0 unspecified atom stereocenters. The Morgan fingerprint density at radius 2 is 1.05 bits per heavy atom. The van der Waals surface area contributed by atoms with Gasteiger partial charge in [0, 0.05) is 48.6 Å². The molecule has 0 saturated carbocycles. The number of fused-ring (bicyclic) bond motifs is 10. The first-order valence-electron chi connectivity index (χ1n) is 13.0. The molecule has 0 saturated heterocycles. The molecular formula is C34H20Cl3N2NaO4. The molecule has 0 amide bonds. The van der Waals surface area contributed by atoms with Gasteiger partial charge in [-0.2, -0.15) is 7.11 Å². The van der Waals surface area contributed by atoms with Gasteiger partial charge in [0.15, 0.2) is 11.6 Å². The van der Waals surface area contributed by atoms with Crippen LogP contribution < -0.4 is 39.4 Å². The number of aromatic nitrogens is 2. The molecule has 2 aromatic heterocycles. The summed E-state index contributed by atoms with van der Waals surface area (Å²) in [7, 11) is 2.32. The van der Waals surface area contributed by atoms with Gasteiger partial charge in [-0.15, -0.1) is 0 Å². The maximum atomic E-state index is 12.8. The van der Waals surface area contributed by atoms with Crippen LogP contribution in [0.1, 0.15) is 31.8 Å². The average Bonchev–Trinajstić information content (AvgIpc) is 3.49. The summed E-state index contributed by atoms with van der Waals surface area (Å²) in [6.45, 7) is 0. The molecule has 0 atom stereocenters. The molecule has 0 spiro atoms. The Kier molecular flexibility index (Phi) is 9.44. The summed E-state index contributed by atoms with van der Waals surface area (Å²) >= 11 is 18.3. The zero-order chi connectivity index (χ0) is 30.4. The number of benzene rings is 4. The van der Waals surface area contributed by atoms with E-state index in [1.807, 2.05) is 60.7 Å². The van der Waals surface area contributed by atoms with Crippen molar-refractivity contribution in [3.05, 3.63) is 122 Å². The van der Waals surface area contributed by atoms with E-state index in [-0.39, 0.29) is 41.1 Å². The van der Waals surface area contributed by atoms with Gasteiger partial charge in [0.25, 0.3) is 0 Å². The Hall–Kier alpha value is -3.33. The van der Waals surface area contributed by atoms with Gasteiger partial charge in [0.05, 0.1) is 23.7 Å². The van der Waals surface area contributed by atoms with E-state index in [0.29, 0.717) is 48.9 Å². The smallest absolute Gasteiger partial charge is 0.857 e. The minimum absolute atomic E-state index is 0. The van der Waals surface area contributed by atoms with E-state index < -0.39 is 0 Å². The Morgan fingerprint density at radius 3 is 1.57 bits per heavy atom. The van der Waals surface area contributed by atoms with Crippen molar-refractivity contribution in [1.29, 1.82) is 0 Å². The van der Waals surface area contributed by atoms with E-state index in [0.717, 1.165) is 45.6 Å². The Balaban J connectivity index is 0.000000162. The number of pyridine rings is 2. The molecule has 2 aliphatic carbocycles. The number of hydrogen-bond donors (Lipinski definition) is 0. The minimum atomic E-state index is -0.0435. The fourth-order valence-corrected chi connectivity index (χ4v) is 6.23. The van der Waals surface area contributed by atoms with Crippen molar-refractivity contribution in [2.24, 2.45) is 0 Å². The van der Waals surface area contributed by atoms with Gasteiger partial charge >= 0.3 is 29.6 Å². The second kappa shape index (κ2) is 13.0. The Bertz CT molecular complexity index is 2140. The van der Waals surface area contributed by atoms with E-state index >= 15 is 0 Å². The van der Waals surface area contributed by atoms with Crippen LogP contribution in [0.3, 0.4) is 0 Å². The van der Waals surface area contributed by atoms with E-state index in [9.17, 15) is 9.59 Å². The predicted octanol–water partition coefficient (Wildman–Crippen LogP) is 4.84. The molecule has 0 fully saturated rings. The Labute approximate surface area is 289 Å². The quantitative estimate of drug-likeness (QED) is 0.187. The van der Waals surface area contributed by atoms with E-state index in [1.54, 1.807) is 31.4 Å². The summed E-state index contributed by atoms with van der Waals surface area (Å²) in [6.07, 6.45) is 0. The topological polar surface area (TPSA) is 92.2 Å². The molecule has 2 aliphatic rings. The molecule has 44 heavy (non-hydrogen) atoms. The van der Waals surface area contributed by atoms with Crippen LogP contribution in [0.5, 0.6) is 5.88 Å². The van der Waals surface area contributed by atoms with Gasteiger partial charge < -0.3 is 9.84 Å². The molecular weight excluding hydrogens is 630 g/mol. The standard InChI is InChI=1S/C17H10ClNO2.C16H7Cl2NO.CH3O.Na/c1-21-17-15-10-7-6-9(18)8-12(10)16(20)14(15)11-4-2-3-5-13(11)19-17;17-8-5-6-9-11(7-8)15(20)13-10-3-1-2-4-12(10)19-16(18)14(9)13;1-2;/h2-8H,1H3;1-7H;1H3;/q;;-1;+1. The van der Waals surface area contributed by atoms with Gasteiger partial charge in [-0.25, -0.2) is 9.97 Å². The maximum Gasteiger partial charge on any atom is 1.00 e. The first kappa shape index (κ1) is 32.1. The van der Waals surface area contributed by atoms with Crippen LogP contribution in [0.25, 0.3) is 44.1 Å². The monoisotopic (exact) mass is 648 g/mol. The average molecular weight is 650 g/mol. The fourth-order valence-electron chi connectivity index (χ4n) is 5.60. The van der Waals surface area contributed by atoms with E-state index in [4.69, 9.17) is 44.6 Å². The number of hydrogen-bond acceptors (Lipinski definition) is 6. The predicted molar refractivity (Wildman–Crippen MR) is 169 cm³/mol. The number of carbonyl (C=O) groups is 2. The molecule has 8 rings (SSSR count). The summed E-state index contributed by atoms with van der Waals surface area (Å²) in [5.41, 5.74) is 7.04. The van der Waals surface area contributed by atoms with Crippen LogP contribution in [-0.2, 0) is 0 Å². The molecule has 6 aromatic rings. The minimum Gasteiger partial charge on any atom is -0.857 e. The summed E-state index contributed by atoms with van der Waals surface area (Å²) in [6, 6.07) is 25.7. The van der Waals surface area contributed by atoms with Gasteiger partial charge in [-0.05, 0) is 47.5 Å². The van der Waals surface area contributed by atoms with Crippen molar-refractivity contribution < 1.29 is 49.0 Å². The second-order valence-corrected chi connectivity index (χ2v) is 10.8. The van der Waals surface area contributed by atoms with Crippen LogP contribution in [0, 0.1) is 0 Å². The number of ketones is 2. The van der Waals surface area contributed by atoms with E-state index in [1.165, 1.54) is 0 Å². The number of ether oxygens (including phenoxy) is 1. The number of carbonyl (C=O) groups excluding carboxylic acids is 2. The summed E-state index contributed by atoms with van der Waals surface area (Å²) in [5, 5.41) is 11.4. The van der Waals surface area contributed by atoms with Crippen LogP contribution in [0.15, 0.2) is 84.9 Å². The first-order chi connectivity index (χ1) is 20.9. The molecule has 6 nitrogen and oxygen atoms in total. The van der Waals surface area contributed by atoms with Crippen LogP contribution in [-0.4, -0.2) is 35.8 Å². The number of halogens is 3. The largest absolute Gasteiger partial charge is 1.00 e. The van der Waals surface area contributed by atoms with Crippen molar-refractivity contribution >= 4 is 68.2 Å². The van der Waals surface area contributed by atoms with Crippen LogP contribution in [0.4, 0.5) is 0 Å². The first-order valence-corrected chi connectivity index (χ1v) is 14.2. The zero-order valence-electron chi connectivity index (χ0n) is 23.7. The number of methoxy groups -OCH3 is 1. The zero-order valence-corrected chi connectivity index (χ0v) is 28.0. The summed E-state index contributed by atoms with van der Waals surface area (Å²) in [5.74, 6) is 0.399. The van der Waals surface area contributed by atoms with Gasteiger partial charge in [-0.3, -0.25) is 9.59 Å². The molecule has 0 N–H and O–H groups in total. The molecule has 212 valence electrons. The van der Waals surface area contributed by atoms with Gasteiger partial charge in [0.1, 0.15) is 5.15 Å². The van der Waals surface area contributed by atoms with Crippen molar-refractivity contribution in [1.82, 2.24) is 9.97 Å². The molecule has 0 aliphatic heterocycles. The summed E-state index contributed by atoms with van der Waals surface area (Å²) < 4.78 is 5.40. The molecule has 0 radical (unpaired) electrons. The Morgan fingerprint density at radius 1 is 0.591 bits per heavy atom. The van der Waals surface area contributed by atoms with E-state index in [2.05, 4.69) is 9.97 Å². The molecule has 10 heteroatoms. The third-order valence-electron chi connectivity index (χ3n) is 7.35. The maximum absolute atomic E-state index is 12.8. The molecule has 0 bridgehead atoms. The van der Waals surface area contributed by atoms with Crippen molar-refractivity contribution in [2.75, 3.05) is 14.2 Å².